The van der Waals surface area contributed by atoms with E-state index in [0.29, 0.717) is 18.3 Å². The van der Waals surface area contributed by atoms with E-state index < -0.39 is 0 Å². The van der Waals surface area contributed by atoms with Gasteiger partial charge in [-0.1, -0.05) is 31.9 Å². The molecule has 2 atom stereocenters. The Hall–Kier alpha value is -1.26. The van der Waals surface area contributed by atoms with Crippen LogP contribution in [0.25, 0.3) is 0 Å². The minimum absolute atomic E-state index is 0. The summed E-state index contributed by atoms with van der Waals surface area (Å²) in [6.45, 7) is 4.40. The van der Waals surface area contributed by atoms with Crippen LogP contribution in [0.5, 0.6) is 5.75 Å². The van der Waals surface area contributed by atoms with Crippen LogP contribution >= 0.6 is 12.4 Å². The fourth-order valence-electron chi connectivity index (χ4n) is 4.52. The van der Waals surface area contributed by atoms with Crippen LogP contribution in [0, 0.1) is 11.8 Å². The van der Waals surface area contributed by atoms with Gasteiger partial charge in [0.15, 0.2) is 0 Å². The molecule has 2 fully saturated rings. The summed E-state index contributed by atoms with van der Waals surface area (Å²) < 4.78 is 5.27. The Bertz CT molecular complexity index is 564. The Balaban J connectivity index is 0.00000243. The van der Waals surface area contributed by atoms with Gasteiger partial charge in [0, 0.05) is 6.42 Å². The summed E-state index contributed by atoms with van der Waals surface area (Å²) in [6, 6.07) is 8.22. The monoisotopic (exact) mass is 380 g/mol. The molecule has 146 valence electrons. The molecule has 0 aromatic heterocycles. The number of carbonyl (C=O) groups is 1. The second-order valence-corrected chi connectivity index (χ2v) is 7.85. The molecule has 1 heterocycles. The van der Waals surface area contributed by atoms with Gasteiger partial charge in [-0.3, -0.25) is 4.79 Å². The number of halogens is 1. The van der Waals surface area contributed by atoms with Crippen molar-refractivity contribution in [1.82, 2.24) is 10.6 Å². The van der Waals surface area contributed by atoms with Gasteiger partial charge < -0.3 is 15.4 Å². The van der Waals surface area contributed by atoms with Crippen LogP contribution < -0.4 is 15.4 Å². The number of nitrogens with one attached hydrogen (secondary N) is 2. The van der Waals surface area contributed by atoms with Gasteiger partial charge in [0.2, 0.25) is 5.91 Å². The number of amides is 1. The molecule has 5 heteroatoms. The van der Waals surface area contributed by atoms with E-state index in [-0.39, 0.29) is 23.9 Å². The second-order valence-electron chi connectivity index (χ2n) is 7.85. The van der Waals surface area contributed by atoms with Gasteiger partial charge in [-0.15, -0.1) is 12.4 Å². The zero-order chi connectivity index (χ0) is 17.7. The molecule has 1 aromatic rings. The lowest BCUT2D eigenvalue weighted by Gasteiger charge is -2.33. The maximum absolute atomic E-state index is 12.8. The van der Waals surface area contributed by atoms with E-state index in [1.54, 1.807) is 7.11 Å². The summed E-state index contributed by atoms with van der Waals surface area (Å²) in [5.74, 6) is 2.12. The Kier molecular flexibility index (Phi) is 7.78. The van der Waals surface area contributed by atoms with Gasteiger partial charge in [-0.25, -0.2) is 0 Å². The summed E-state index contributed by atoms with van der Waals surface area (Å²) in [5, 5.41) is 6.88. The second kappa shape index (κ2) is 9.61. The summed E-state index contributed by atoms with van der Waals surface area (Å²) in [6.07, 6.45) is 7.51. The minimum Gasteiger partial charge on any atom is -0.497 e. The molecule has 3 rings (SSSR count). The molecule has 1 saturated heterocycles. The van der Waals surface area contributed by atoms with Crippen molar-refractivity contribution in [3.05, 3.63) is 29.8 Å². The van der Waals surface area contributed by atoms with E-state index in [1.165, 1.54) is 31.2 Å². The van der Waals surface area contributed by atoms with Gasteiger partial charge in [0.25, 0.3) is 0 Å². The molecular weight excluding hydrogens is 348 g/mol. The molecule has 2 aliphatic rings. The van der Waals surface area contributed by atoms with E-state index in [4.69, 9.17) is 4.74 Å². The van der Waals surface area contributed by atoms with Crippen LogP contribution in [0.3, 0.4) is 0 Å². The van der Waals surface area contributed by atoms with Crippen molar-refractivity contribution < 1.29 is 9.53 Å². The van der Waals surface area contributed by atoms with Gasteiger partial charge in [-0.05, 0) is 68.3 Å². The van der Waals surface area contributed by atoms with Gasteiger partial charge >= 0.3 is 0 Å². The number of carbonyl (C=O) groups excluding carboxylic acids is 1. The summed E-state index contributed by atoms with van der Waals surface area (Å²) >= 11 is 0. The quantitative estimate of drug-likeness (QED) is 0.783. The highest BCUT2D eigenvalue weighted by Gasteiger charge is 2.37. The molecule has 1 saturated carbocycles. The average Bonchev–Trinajstić information content (AvgIpc) is 3.12. The lowest BCUT2D eigenvalue weighted by Crippen LogP contribution is -2.45. The zero-order valence-corrected chi connectivity index (χ0v) is 16.9. The van der Waals surface area contributed by atoms with Crippen molar-refractivity contribution in [3.63, 3.8) is 0 Å². The number of hydrogen-bond acceptors (Lipinski definition) is 3. The fraction of sp³-hybridized carbons (Fsp3) is 0.667. The number of benzene rings is 1. The molecule has 4 nitrogen and oxygen atoms in total. The number of rotatable bonds is 6. The molecule has 0 radical (unpaired) electrons. The first kappa shape index (κ1) is 21.0. The van der Waals surface area contributed by atoms with Gasteiger partial charge in [0.1, 0.15) is 5.75 Å². The lowest BCUT2D eigenvalue weighted by atomic mass is 9.84. The summed E-state index contributed by atoms with van der Waals surface area (Å²) in [5.41, 5.74) is 1.03. The minimum atomic E-state index is -0.187. The molecular formula is C21H33ClN2O2. The lowest BCUT2D eigenvalue weighted by molar-refractivity contribution is -0.124. The Morgan fingerprint density at radius 2 is 1.96 bits per heavy atom. The number of methoxy groups -OCH3 is 1. The van der Waals surface area contributed by atoms with Crippen molar-refractivity contribution in [2.24, 2.45) is 11.8 Å². The summed E-state index contributed by atoms with van der Waals surface area (Å²) in [7, 11) is 1.68. The van der Waals surface area contributed by atoms with Crippen LogP contribution in [-0.2, 0) is 10.3 Å². The highest BCUT2D eigenvalue weighted by molar-refractivity contribution is 5.85. The topological polar surface area (TPSA) is 50.4 Å². The van der Waals surface area contributed by atoms with E-state index in [9.17, 15) is 4.79 Å². The molecule has 0 spiro atoms. The average molecular weight is 381 g/mol. The first-order valence-electron chi connectivity index (χ1n) is 9.79. The number of hydrogen-bond donors (Lipinski definition) is 2. The SMILES string of the molecule is COc1ccc(C2(NC(=O)CC(C)C3CCCNC3)CCCC2)cc1.Cl. The molecule has 0 bridgehead atoms. The fourth-order valence-corrected chi connectivity index (χ4v) is 4.52. The van der Waals surface area contributed by atoms with Crippen molar-refractivity contribution in [1.29, 1.82) is 0 Å². The van der Waals surface area contributed by atoms with Crippen LogP contribution in [-0.4, -0.2) is 26.1 Å². The molecule has 1 amide bonds. The van der Waals surface area contributed by atoms with E-state index in [1.807, 2.05) is 12.1 Å². The van der Waals surface area contributed by atoms with E-state index >= 15 is 0 Å². The molecule has 1 aliphatic heterocycles. The summed E-state index contributed by atoms with van der Waals surface area (Å²) in [4.78, 5) is 12.8. The highest BCUT2D eigenvalue weighted by Crippen LogP contribution is 2.39. The third kappa shape index (κ3) is 4.92. The van der Waals surface area contributed by atoms with Gasteiger partial charge in [0.05, 0.1) is 12.6 Å². The molecule has 1 aliphatic carbocycles. The molecule has 2 unspecified atom stereocenters. The molecule has 26 heavy (non-hydrogen) atoms. The van der Waals surface area contributed by atoms with E-state index in [2.05, 4.69) is 29.7 Å². The van der Waals surface area contributed by atoms with Gasteiger partial charge in [-0.2, -0.15) is 0 Å². The van der Waals surface area contributed by atoms with Crippen LogP contribution in [0.4, 0.5) is 0 Å². The standard InChI is InChI=1S/C21H32N2O2.ClH/c1-16(17-6-5-13-22-15-17)14-20(24)23-21(11-3-4-12-21)18-7-9-19(25-2)10-8-18;/h7-10,16-17,22H,3-6,11-15H2,1-2H3,(H,23,24);1H. The predicted octanol–water partition coefficient (Wildman–Crippen LogP) is 4.03. The Morgan fingerprint density at radius 3 is 2.54 bits per heavy atom. The van der Waals surface area contributed by atoms with Crippen molar-refractivity contribution in [3.8, 4) is 5.75 Å². The van der Waals surface area contributed by atoms with Crippen molar-refractivity contribution in [2.75, 3.05) is 20.2 Å². The van der Waals surface area contributed by atoms with Crippen LogP contribution in [0.15, 0.2) is 24.3 Å². The van der Waals surface area contributed by atoms with Crippen LogP contribution in [0.1, 0.15) is 57.4 Å². The van der Waals surface area contributed by atoms with Crippen molar-refractivity contribution >= 4 is 18.3 Å². The van der Waals surface area contributed by atoms with Crippen molar-refractivity contribution in [2.45, 2.75) is 57.4 Å². The highest BCUT2D eigenvalue weighted by atomic mass is 35.5. The molecule has 2 N–H and O–H groups in total. The Labute approximate surface area is 163 Å². The number of piperidine rings is 1. The predicted molar refractivity (Wildman–Crippen MR) is 108 cm³/mol. The third-order valence-electron chi connectivity index (χ3n) is 6.13. The Morgan fingerprint density at radius 1 is 1.27 bits per heavy atom. The third-order valence-corrected chi connectivity index (χ3v) is 6.13. The maximum Gasteiger partial charge on any atom is 0.220 e. The molecule has 1 aromatic carbocycles. The first-order valence-corrected chi connectivity index (χ1v) is 9.79. The largest absolute Gasteiger partial charge is 0.497 e. The normalized spacial score (nSPS) is 22.9. The zero-order valence-electron chi connectivity index (χ0n) is 16.1. The first-order chi connectivity index (χ1) is 12.1. The van der Waals surface area contributed by atoms with E-state index in [0.717, 1.165) is 31.7 Å². The van der Waals surface area contributed by atoms with Crippen LogP contribution in [0.2, 0.25) is 0 Å². The number of ether oxygens (including phenoxy) is 1. The maximum atomic E-state index is 12.8. The smallest absolute Gasteiger partial charge is 0.220 e.